The number of hydrogen-bond donors (Lipinski definition) is 2. The summed E-state index contributed by atoms with van der Waals surface area (Å²) < 4.78 is 2.05. The Kier molecular flexibility index (Phi) is 7.98. The van der Waals surface area contributed by atoms with Crippen molar-refractivity contribution in [1.82, 2.24) is 25.4 Å². The highest BCUT2D eigenvalue weighted by molar-refractivity contribution is 6.30. The molecule has 1 aromatic heterocycles. The molecule has 1 aromatic carbocycles. The fourth-order valence-electron chi connectivity index (χ4n) is 2.37. The van der Waals surface area contributed by atoms with Gasteiger partial charge in [-0.25, -0.2) is 0 Å². The first-order valence-electron chi connectivity index (χ1n) is 8.47. The van der Waals surface area contributed by atoms with Crippen LogP contribution in [-0.2, 0) is 19.4 Å². The van der Waals surface area contributed by atoms with E-state index in [4.69, 9.17) is 11.6 Å². The summed E-state index contributed by atoms with van der Waals surface area (Å²) in [6.45, 7) is 8.68. The molecule has 0 fully saturated rings. The lowest BCUT2D eigenvalue weighted by Crippen LogP contribution is -2.39. The first-order valence-corrected chi connectivity index (χ1v) is 8.85. The van der Waals surface area contributed by atoms with E-state index >= 15 is 0 Å². The number of benzene rings is 1. The molecule has 0 bridgehead atoms. The second-order valence-corrected chi connectivity index (χ2v) is 5.94. The summed E-state index contributed by atoms with van der Waals surface area (Å²) in [5.74, 6) is 1.76. The third kappa shape index (κ3) is 6.58. The molecule has 0 amide bonds. The van der Waals surface area contributed by atoms with Crippen LogP contribution in [0.25, 0.3) is 0 Å². The van der Waals surface area contributed by atoms with Crippen molar-refractivity contribution in [2.75, 3.05) is 19.6 Å². The SMILES string of the molecule is C=CCNC(=NCCc1cccc(Cl)c1)NCCn1cnnc1CC. The van der Waals surface area contributed by atoms with Crippen LogP contribution >= 0.6 is 11.6 Å². The quantitative estimate of drug-likeness (QED) is 0.409. The third-order valence-electron chi connectivity index (χ3n) is 3.63. The van der Waals surface area contributed by atoms with Crippen molar-refractivity contribution in [1.29, 1.82) is 0 Å². The van der Waals surface area contributed by atoms with E-state index < -0.39 is 0 Å². The van der Waals surface area contributed by atoms with E-state index in [-0.39, 0.29) is 0 Å². The van der Waals surface area contributed by atoms with Crippen molar-refractivity contribution in [3.63, 3.8) is 0 Å². The van der Waals surface area contributed by atoms with Crippen LogP contribution < -0.4 is 10.6 Å². The average molecular weight is 361 g/mol. The standard InChI is InChI=1S/C18H25ClN6/c1-3-9-20-18(21-10-8-15-6-5-7-16(19)13-15)22-11-12-25-14-23-24-17(25)4-2/h3,5-7,13-14H,1,4,8-12H2,2H3,(H2,20,21,22). The second kappa shape index (κ2) is 10.5. The van der Waals surface area contributed by atoms with Gasteiger partial charge in [0.2, 0.25) is 0 Å². The first kappa shape index (κ1) is 19.0. The number of halogens is 1. The van der Waals surface area contributed by atoms with Gasteiger partial charge in [0.05, 0.1) is 0 Å². The second-order valence-electron chi connectivity index (χ2n) is 5.50. The zero-order chi connectivity index (χ0) is 17.9. The van der Waals surface area contributed by atoms with Gasteiger partial charge < -0.3 is 15.2 Å². The van der Waals surface area contributed by atoms with Crippen molar-refractivity contribution in [2.45, 2.75) is 26.3 Å². The Hall–Kier alpha value is -2.34. The number of rotatable bonds is 9. The van der Waals surface area contributed by atoms with Crippen LogP contribution in [0.5, 0.6) is 0 Å². The summed E-state index contributed by atoms with van der Waals surface area (Å²) in [6, 6.07) is 7.87. The predicted molar refractivity (Wildman–Crippen MR) is 103 cm³/mol. The molecule has 1 heterocycles. The predicted octanol–water partition coefficient (Wildman–Crippen LogP) is 2.46. The number of nitrogens with zero attached hydrogens (tertiary/aromatic N) is 4. The van der Waals surface area contributed by atoms with Crippen LogP contribution in [0.1, 0.15) is 18.3 Å². The van der Waals surface area contributed by atoms with Crippen molar-refractivity contribution >= 4 is 17.6 Å². The maximum Gasteiger partial charge on any atom is 0.191 e. The highest BCUT2D eigenvalue weighted by atomic mass is 35.5. The molecule has 2 rings (SSSR count). The molecule has 6 nitrogen and oxygen atoms in total. The molecule has 2 aromatic rings. The first-order chi connectivity index (χ1) is 12.2. The smallest absolute Gasteiger partial charge is 0.191 e. The number of aryl methyl sites for hydroxylation is 1. The van der Waals surface area contributed by atoms with Crippen molar-refractivity contribution in [2.24, 2.45) is 4.99 Å². The fraction of sp³-hybridized carbons (Fsp3) is 0.389. The Balaban J connectivity index is 1.85. The number of aromatic nitrogens is 3. The highest BCUT2D eigenvalue weighted by Gasteiger charge is 2.02. The van der Waals surface area contributed by atoms with E-state index in [2.05, 4.69) is 45.4 Å². The van der Waals surface area contributed by atoms with Crippen LogP contribution in [0.3, 0.4) is 0 Å². The van der Waals surface area contributed by atoms with Crippen LogP contribution in [0.2, 0.25) is 5.02 Å². The Morgan fingerprint density at radius 1 is 1.40 bits per heavy atom. The molecule has 0 aliphatic heterocycles. The minimum atomic E-state index is 0.663. The molecule has 134 valence electrons. The Bertz CT molecular complexity index is 694. The van der Waals surface area contributed by atoms with Crippen LogP contribution in [0.4, 0.5) is 0 Å². The van der Waals surface area contributed by atoms with E-state index in [9.17, 15) is 0 Å². The number of nitrogens with one attached hydrogen (secondary N) is 2. The molecule has 0 radical (unpaired) electrons. The summed E-state index contributed by atoms with van der Waals surface area (Å²) in [5.41, 5.74) is 1.18. The summed E-state index contributed by atoms with van der Waals surface area (Å²) >= 11 is 6.01. The topological polar surface area (TPSA) is 67.1 Å². The molecule has 0 aliphatic carbocycles. The lowest BCUT2D eigenvalue weighted by atomic mass is 10.1. The number of aliphatic imine (C=N–C) groups is 1. The zero-order valence-electron chi connectivity index (χ0n) is 14.6. The molecule has 0 unspecified atom stereocenters. The van der Waals surface area contributed by atoms with Crippen LogP contribution in [0, 0.1) is 0 Å². The Morgan fingerprint density at radius 3 is 3.04 bits per heavy atom. The van der Waals surface area contributed by atoms with Gasteiger partial charge in [-0.1, -0.05) is 36.7 Å². The van der Waals surface area contributed by atoms with E-state index in [1.165, 1.54) is 5.56 Å². The van der Waals surface area contributed by atoms with Gasteiger partial charge in [-0.05, 0) is 24.1 Å². The largest absolute Gasteiger partial charge is 0.355 e. The van der Waals surface area contributed by atoms with Crippen molar-refractivity contribution < 1.29 is 0 Å². The molecule has 0 atom stereocenters. The average Bonchev–Trinajstić information content (AvgIpc) is 3.06. The molecule has 2 N–H and O–H groups in total. The molecule has 0 saturated heterocycles. The molecular weight excluding hydrogens is 336 g/mol. The van der Waals surface area contributed by atoms with Gasteiger partial charge in [0.1, 0.15) is 12.2 Å². The van der Waals surface area contributed by atoms with Gasteiger partial charge in [-0.2, -0.15) is 0 Å². The van der Waals surface area contributed by atoms with Gasteiger partial charge in [0.15, 0.2) is 5.96 Å². The van der Waals surface area contributed by atoms with Gasteiger partial charge >= 0.3 is 0 Å². The maximum absolute atomic E-state index is 6.01. The van der Waals surface area contributed by atoms with Crippen LogP contribution in [0.15, 0.2) is 48.2 Å². The molecule has 0 saturated carbocycles. The van der Waals surface area contributed by atoms with E-state index in [1.807, 2.05) is 28.8 Å². The Morgan fingerprint density at radius 2 is 2.28 bits per heavy atom. The summed E-state index contributed by atoms with van der Waals surface area (Å²) in [6.07, 6.45) is 5.28. The maximum atomic E-state index is 6.01. The minimum Gasteiger partial charge on any atom is -0.355 e. The van der Waals surface area contributed by atoms with Gasteiger partial charge in [-0.3, -0.25) is 4.99 Å². The molecule has 0 aliphatic rings. The molecule has 7 heteroatoms. The van der Waals surface area contributed by atoms with Gasteiger partial charge in [0, 0.05) is 37.6 Å². The van der Waals surface area contributed by atoms with Crippen molar-refractivity contribution in [3.05, 3.63) is 59.7 Å². The number of guanidine groups is 1. The monoisotopic (exact) mass is 360 g/mol. The summed E-state index contributed by atoms with van der Waals surface area (Å²) in [7, 11) is 0. The van der Waals surface area contributed by atoms with Crippen LogP contribution in [-0.4, -0.2) is 40.4 Å². The Labute approximate surface area is 154 Å². The van der Waals surface area contributed by atoms with Crippen molar-refractivity contribution in [3.8, 4) is 0 Å². The normalized spacial score (nSPS) is 11.4. The lowest BCUT2D eigenvalue weighted by Gasteiger charge is -2.12. The van der Waals surface area contributed by atoms with E-state index in [0.717, 1.165) is 42.7 Å². The summed E-state index contributed by atoms with van der Waals surface area (Å²) in [5, 5.41) is 15.3. The van der Waals surface area contributed by atoms with E-state index in [1.54, 1.807) is 6.33 Å². The highest BCUT2D eigenvalue weighted by Crippen LogP contribution is 2.10. The molecule has 0 spiro atoms. The van der Waals surface area contributed by atoms with E-state index in [0.29, 0.717) is 13.1 Å². The third-order valence-corrected chi connectivity index (χ3v) is 3.87. The van der Waals surface area contributed by atoms with Gasteiger partial charge in [-0.15, -0.1) is 16.8 Å². The lowest BCUT2D eigenvalue weighted by molar-refractivity contribution is 0.633. The molecular formula is C18H25ClN6. The number of hydrogen-bond acceptors (Lipinski definition) is 3. The van der Waals surface area contributed by atoms with Gasteiger partial charge in [0.25, 0.3) is 0 Å². The zero-order valence-corrected chi connectivity index (χ0v) is 15.3. The molecule has 25 heavy (non-hydrogen) atoms. The summed E-state index contributed by atoms with van der Waals surface area (Å²) in [4.78, 5) is 4.61. The minimum absolute atomic E-state index is 0.663. The fourth-order valence-corrected chi connectivity index (χ4v) is 2.58.